The molecule has 0 aromatic carbocycles. The summed E-state index contributed by atoms with van der Waals surface area (Å²) < 4.78 is 25.7. The summed E-state index contributed by atoms with van der Waals surface area (Å²) >= 11 is 0. The van der Waals surface area contributed by atoms with Crippen LogP contribution in [-0.4, -0.2) is 59.4 Å². The van der Waals surface area contributed by atoms with Crippen LogP contribution in [0.15, 0.2) is 12.3 Å². The summed E-state index contributed by atoms with van der Waals surface area (Å²) in [4.78, 5) is 30.5. The molecule has 0 saturated carbocycles. The number of rotatable bonds is 5. The fourth-order valence-electron chi connectivity index (χ4n) is 3.09. The predicted octanol–water partition coefficient (Wildman–Crippen LogP) is 3.57. The van der Waals surface area contributed by atoms with Crippen LogP contribution in [0, 0.1) is 19.3 Å². The maximum atomic E-state index is 14.7. The average Bonchev–Trinajstić information content (AvgIpc) is 2.61. The monoisotopic (exact) mass is 423 g/mol. The van der Waals surface area contributed by atoms with Crippen LogP contribution >= 0.6 is 0 Å². The third kappa shape index (κ3) is 6.57. The Morgan fingerprint density at radius 1 is 1.27 bits per heavy atom. The van der Waals surface area contributed by atoms with E-state index in [9.17, 15) is 14.0 Å². The van der Waals surface area contributed by atoms with Gasteiger partial charge in [0.15, 0.2) is 0 Å². The van der Waals surface area contributed by atoms with Crippen molar-refractivity contribution in [3.63, 3.8) is 0 Å². The average molecular weight is 424 g/mol. The van der Waals surface area contributed by atoms with E-state index >= 15 is 0 Å². The third-order valence-electron chi connectivity index (χ3n) is 4.86. The molecule has 2 rings (SSSR count). The number of nitrogens with one attached hydrogen (secondary N) is 1. The predicted molar refractivity (Wildman–Crippen MR) is 112 cm³/mol. The van der Waals surface area contributed by atoms with Gasteiger partial charge in [0.2, 0.25) is 11.8 Å². The lowest BCUT2D eigenvalue weighted by Gasteiger charge is -2.37. The number of carbonyl (C=O) groups excluding carboxylic acids is 2. The van der Waals surface area contributed by atoms with Crippen molar-refractivity contribution in [3.8, 4) is 5.88 Å². The van der Waals surface area contributed by atoms with Crippen molar-refractivity contribution in [1.29, 1.82) is 0 Å². The molecular formula is C22H34FN3O4. The van der Waals surface area contributed by atoms with Gasteiger partial charge >= 0.3 is 6.09 Å². The summed E-state index contributed by atoms with van der Waals surface area (Å²) in [6.07, 6.45) is 0.126. The van der Waals surface area contributed by atoms with Crippen LogP contribution in [-0.2, 0) is 9.53 Å². The smallest absolute Gasteiger partial charge is 0.410 e. The van der Waals surface area contributed by atoms with Crippen LogP contribution in [0.25, 0.3) is 0 Å². The summed E-state index contributed by atoms with van der Waals surface area (Å²) in [5, 5.41) is 2.78. The molecule has 0 bridgehead atoms. The van der Waals surface area contributed by atoms with Crippen molar-refractivity contribution < 1.29 is 23.5 Å². The Hall–Kier alpha value is -2.38. The van der Waals surface area contributed by atoms with Gasteiger partial charge in [-0.25, -0.2) is 14.2 Å². The van der Waals surface area contributed by atoms with Crippen LogP contribution in [0.3, 0.4) is 0 Å². The fourth-order valence-corrected chi connectivity index (χ4v) is 3.09. The van der Waals surface area contributed by atoms with Crippen LogP contribution < -0.4 is 10.1 Å². The summed E-state index contributed by atoms with van der Waals surface area (Å²) in [5.74, 6) is 0.182. The van der Waals surface area contributed by atoms with Crippen molar-refractivity contribution >= 4 is 12.0 Å². The molecular weight excluding hydrogens is 389 g/mol. The van der Waals surface area contributed by atoms with Gasteiger partial charge in [0.05, 0.1) is 18.0 Å². The first kappa shape index (κ1) is 23.9. The van der Waals surface area contributed by atoms with Gasteiger partial charge in [0.25, 0.3) is 0 Å². The lowest BCUT2D eigenvalue weighted by Crippen LogP contribution is -2.56. The van der Waals surface area contributed by atoms with Gasteiger partial charge in [-0.05, 0) is 66.5 Å². The first-order valence-corrected chi connectivity index (χ1v) is 10.3. The zero-order chi connectivity index (χ0) is 22.7. The zero-order valence-electron chi connectivity index (χ0n) is 19.0. The number of aromatic nitrogens is 1. The molecule has 1 aliphatic heterocycles. The molecule has 0 radical (unpaired) electrons. The van der Waals surface area contributed by atoms with E-state index in [1.807, 2.05) is 19.9 Å². The largest absolute Gasteiger partial charge is 0.476 e. The molecule has 1 saturated heterocycles. The topological polar surface area (TPSA) is 80.8 Å². The highest BCUT2D eigenvalue weighted by molar-refractivity contribution is 5.82. The Bertz CT molecular complexity index is 776. The van der Waals surface area contributed by atoms with Crippen molar-refractivity contribution in [2.45, 2.75) is 72.7 Å². The first-order valence-electron chi connectivity index (χ1n) is 10.3. The minimum absolute atomic E-state index is 0.108. The molecule has 0 spiro atoms. The van der Waals surface area contributed by atoms with Crippen molar-refractivity contribution in [2.75, 3.05) is 19.7 Å². The second kappa shape index (κ2) is 9.18. The third-order valence-corrected chi connectivity index (χ3v) is 4.86. The number of alkyl halides is 1. The highest BCUT2D eigenvalue weighted by atomic mass is 19.1. The number of ether oxygens (including phenoxy) is 2. The van der Waals surface area contributed by atoms with E-state index in [2.05, 4.69) is 10.3 Å². The fraction of sp³-hybridized carbons (Fsp3) is 0.682. The van der Waals surface area contributed by atoms with Gasteiger partial charge in [-0.1, -0.05) is 0 Å². The second-order valence-corrected chi connectivity index (χ2v) is 9.62. The molecule has 8 heteroatoms. The normalized spacial score (nSPS) is 19.9. The SMILES string of the molecule is Cc1cnc(OCC(C)(C)C(=O)NC2CCN(C(=O)OC(C)(C)C)CC2F)c(C)c1. The number of piperidine rings is 1. The number of pyridine rings is 1. The number of amides is 2. The number of carbonyl (C=O) groups is 2. The van der Waals surface area contributed by atoms with E-state index in [0.717, 1.165) is 11.1 Å². The van der Waals surface area contributed by atoms with E-state index in [4.69, 9.17) is 9.47 Å². The van der Waals surface area contributed by atoms with E-state index in [-0.39, 0.29) is 19.1 Å². The summed E-state index contributed by atoms with van der Waals surface area (Å²) in [6, 6.07) is 1.30. The lowest BCUT2D eigenvalue weighted by atomic mass is 9.92. The van der Waals surface area contributed by atoms with E-state index in [1.54, 1.807) is 40.8 Å². The molecule has 2 unspecified atom stereocenters. The van der Waals surface area contributed by atoms with Gasteiger partial charge in [-0.2, -0.15) is 0 Å². The Morgan fingerprint density at radius 2 is 1.93 bits per heavy atom. The highest BCUT2D eigenvalue weighted by Crippen LogP contribution is 2.23. The summed E-state index contributed by atoms with van der Waals surface area (Å²) in [6.45, 7) is 13.0. The zero-order valence-corrected chi connectivity index (χ0v) is 19.0. The second-order valence-electron chi connectivity index (χ2n) is 9.62. The van der Waals surface area contributed by atoms with Crippen LogP contribution in [0.4, 0.5) is 9.18 Å². The maximum absolute atomic E-state index is 14.7. The van der Waals surface area contributed by atoms with Crippen LogP contribution in [0.1, 0.15) is 52.2 Å². The molecule has 2 atom stereocenters. The van der Waals surface area contributed by atoms with Crippen molar-refractivity contribution in [3.05, 3.63) is 23.4 Å². The van der Waals surface area contributed by atoms with E-state index in [0.29, 0.717) is 18.8 Å². The van der Waals surface area contributed by atoms with Gasteiger partial charge in [-0.3, -0.25) is 4.79 Å². The molecule has 0 aliphatic carbocycles. The molecule has 2 heterocycles. The van der Waals surface area contributed by atoms with E-state index < -0.39 is 29.3 Å². The lowest BCUT2D eigenvalue weighted by molar-refractivity contribution is -0.132. The Labute approximate surface area is 178 Å². The highest BCUT2D eigenvalue weighted by Gasteiger charge is 2.37. The first-order chi connectivity index (χ1) is 13.8. The maximum Gasteiger partial charge on any atom is 0.410 e. The number of hydrogen-bond acceptors (Lipinski definition) is 5. The standard InChI is InChI=1S/C22H34FN3O4/c1-14-10-15(2)18(24-11-14)29-13-22(6,7)19(27)25-17-8-9-26(12-16(17)23)20(28)30-21(3,4)5/h10-11,16-17H,8-9,12-13H2,1-7H3,(H,25,27). The molecule has 7 nitrogen and oxygen atoms in total. The Kier molecular flexibility index (Phi) is 7.31. The molecule has 1 fully saturated rings. The number of likely N-dealkylation sites (tertiary alicyclic amines) is 1. The number of halogens is 1. The molecule has 1 N–H and O–H groups in total. The number of hydrogen-bond donors (Lipinski definition) is 1. The van der Waals surface area contributed by atoms with Gasteiger partial charge < -0.3 is 19.7 Å². The minimum Gasteiger partial charge on any atom is -0.476 e. The molecule has 1 aromatic heterocycles. The van der Waals surface area contributed by atoms with Crippen LogP contribution in [0.2, 0.25) is 0 Å². The van der Waals surface area contributed by atoms with Gasteiger partial charge in [0.1, 0.15) is 18.4 Å². The van der Waals surface area contributed by atoms with Crippen LogP contribution in [0.5, 0.6) is 5.88 Å². The number of aryl methyl sites for hydroxylation is 2. The molecule has 1 aromatic rings. The minimum atomic E-state index is -1.37. The summed E-state index contributed by atoms with van der Waals surface area (Å²) in [5.41, 5.74) is 0.414. The molecule has 2 amide bonds. The van der Waals surface area contributed by atoms with Crippen molar-refractivity contribution in [2.24, 2.45) is 5.41 Å². The Morgan fingerprint density at radius 3 is 2.50 bits per heavy atom. The van der Waals surface area contributed by atoms with E-state index in [1.165, 1.54) is 4.90 Å². The summed E-state index contributed by atoms with van der Waals surface area (Å²) in [7, 11) is 0. The molecule has 168 valence electrons. The van der Waals surface area contributed by atoms with Gasteiger partial charge in [0, 0.05) is 18.3 Å². The van der Waals surface area contributed by atoms with Gasteiger partial charge in [-0.15, -0.1) is 0 Å². The molecule has 1 aliphatic rings. The quantitative estimate of drug-likeness (QED) is 0.783. The Balaban J connectivity index is 1.89. The molecule has 30 heavy (non-hydrogen) atoms. The van der Waals surface area contributed by atoms with Crippen molar-refractivity contribution in [1.82, 2.24) is 15.2 Å². The number of nitrogens with zero attached hydrogens (tertiary/aromatic N) is 2.